The first-order valence-corrected chi connectivity index (χ1v) is 3.91. The standard InChI is InChI=1S/C6HF11O3.FH/c7-2(1(18)19,4(9,10)11)20-3(8,5(12,13)14)6(15,16)17;/h(H,18,19);1H. The average molecular weight is 350 g/mol. The Morgan fingerprint density at radius 3 is 1.14 bits per heavy atom. The molecular formula is C6H2F12O3. The largest absolute Gasteiger partial charge is 0.477 e. The average Bonchev–Trinajstić information content (AvgIpc) is 2.11. The molecule has 3 nitrogen and oxygen atoms in total. The fourth-order valence-corrected chi connectivity index (χ4v) is 0.693. The maximum Gasteiger partial charge on any atom is 0.460 e. The van der Waals surface area contributed by atoms with Crippen molar-refractivity contribution in [3.05, 3.63) is 0 Å². The summed E-state index contributed by atoms with van der Waals surface area (Å²) in [6.07, 6.45) is -21.3. The number of carboxylic acid groups (broad SMARTS) is 1. The number of hydrogen-bond acceptors (Lipinski definition) is 2. The summed E-state index contributed by atoms with van der Waals surface area (Å²) in [7, 11) is 0. The van der Waals surface area contributed by atoms with E-state index < -0.39 is 36.2 Å². The zero-order valence-corrected chi connectivity index (χ0v) is 8.83. The zero-order chi connectivity index (χ0) is 16.8. The van der Waals surface area contributed by atoms with Gasteiger partial charge in [0.25, 0.3) is 0 Å². The van der Waals surface area contributed by atoms with E-state index in [1.165, 1.54) is 0 Å². The molecule has 15 heteroatoms. The van der Waals surface area contributed by atoms with Gasteiger partial charge in [-0.2, -0.15) is 48.3 Å². The Labute approximate surface area is 105 Å². The van der Waals surface area contributed by atoms with Crippen LogP contribution in [0.2, 0.25) is 0 Å². The predicted molar refractivity (Wildman–Crippen MR) is 37.1 cm³/mol. The molecule has 0 aromatic carbocycles. The number of halogens is 12. The van der Waals surface area contributed by atoms with E-state index in [1.54, 1.807) is 4.74 Å². The molecule has 0 rings (SSSR count). The lowest BCUT2D eigenvalue weighted by Crippen LogP contribution is -2.64. The number of aliphatic carboxylic acids is 1. The topological polar surface area (TPSA) is 46.5 Å². The van der Waals surface area contributed by atoms with Crippen LogP contribution in [0.1, 0.15) is 0 Å². The maximum absolute atomic E-state index is 12.8. The molecule has 0 heterocycles. The lowest BCUT2D eigenvalue weighted by molar-refractivity contribution is -0.481. The number of hydrogen-bond donors (Lipinski definition) is 1. The first kappa shape index (κ1) is 21.9. The summed E-state index contributed by atoms with van der Waals surface area (Å²) in [5, 5.41) is 7.74. The second kappa shape index (κ2) is 5.42. The molecule has 0 saturated carbocycles. The third-order valence-electron chi connectivity index (χ3n) is 1.65. The van der Waals surface area contributed by atoms with Crippen LogP contribution in [0.3, 0.4) is 0 Å². The third kappa shape index (κ3) is 3.62. The molecule has 0 spiro atoms. The predicted octanol–water partition coefficient (Wildman–Crippen LogP) is 3.26. The number of carboxylic acids is 1. The summed E-state index contributed by atoms with van der Waals surface area (Å²) in [6, 6.07) is 0. The highest BCUT2D eigenvalue weighted by molar-refractivity contribution is 5.76. The van der Waals surface area contributed by atoms with Crippen LogP contribution in [0, 0.1) is 0 Å². The Hall–Kier alpha value is -1.41. The van der Waals surface area contributed by atoms with Gasteiger partial charge >= 0.3 is 36.2 Å². The van der Waals surface area contributed by atoms with E-state index in [0.29, 0.717) is 0 Å². The van der Waals surface area contributed by atoms with Crippen molar-refractivity contribution in [3.63, 3.8) is 0 Å². The van der Waals surface area contributed by atoms with Crippen molar-refractivity contribution in [1.82, 2.24) is 0 Å². The summed E-state index contributed by atoms with van der Waals surface area (Å²) in [4.78, 5) is 9.88. The first-order chi connectivity index (χ1) is 8.40. The van der Waals surface area contributed by atoms with Gasteiger partial charge in [-0.25, -0.2) is 4.79 Å². The van der Waals surface area contributed by atoms with E-state index in [9.17, 15) is 53.1 Å². The second-order valence-corrected chi connectivity index (χ2v) is 3.09. The number of carbonyl (C=O) groups is 1. The highest BCUT2D eigenvalue weighted by Gasteiger charge is 2.81. The van der Waals surface area contributed by atoms with Gasteiger partial charge in [0, 0.05) is 0 Å². The molecule has 1 atom stereocenters. The Kier molecular flexibility index (Phi) is 5.64. The zero-order valence-electron chi connectivity index (χ0n) is 8.83. The molecule has 128 valence electrons. The molecule has 0 aliphatic carbocycles. The minimum Gasteiger partial charge on any atom is -0.477 e. The van der Waals surface area contributed by atoms with Crippen LogP contribution in [0.5, 0.6) is 0 Å². The van der Waals surface area contributed by atoms with Gasteiger partial charge in [-0.15, -0.1) is 0 Å². The highest BCUT2D eigenvalue weighted by atomic mass is 19.4. The molecule has 1 unspecified atom stereocenters. The van der Waals surface area contributed by atoms with Crippen LogP contribution < -0.4 is 0 Å². The summed E-state index contributed by atoms with van der Waals surface area (Å²) in [6.45, 7) is 0. The number of ether oxygens (including phenoxy) is 1. The molecule has 0 aliphatic rings. The monoisotopic (exact) mass is 350 g/mol. The summed E-state index contributed by atoms with van der Waals surface area (Å²) < 4.78 is 134. The van der Waals surface area contributed by atoms with Crippen molar-refractivity contribution in [1.29, 1.82) is 0 Å². The summed E-state index contributed by atoms with van der Waals surface area (Å²) in [5.74, 6) is -17.7. The van der Waals surface area contributed by atoms with Crippen LogP contribution >= 0.6 is 0 Å². The Morgan fingerprint density at radius 1 is 0.714 bits per heavy atom. The highest BCUT2D eigenvalue weighted by Crippen LogP contribution is 2.51. The molecule has 0 bridgehead atoms. The molecule has 0 amide bonds. The second-order valence-electron chi connectivity index (χ2n) is 3.09. The summed E-state index contributed by atoms with van der Waals surface area (Å²) in [5.41, 5.74) is 0. The molecule has 0 radical (unpaired) electrons. The van der Waals surface area contributed by atoms with Crippen molar-refractivity contribution < 1.29 is 67.6 Å². The fourth-order valence-electron chi connectivity index (χ4n) is 0.693. The van der Waals surface area contributed by atoms with Gasteiger partial charge < -0.3 is 5.11 Å². The molecule has 0 fully saturated rings. The Balaban J connectivity index is 0. The third-order valence-corrected chi connectivity index (χ3v) is 1.65. The normalized spacial score (nSPS) is 16.9. The smallest absolute Gasteiger partial charge is 0.460 e. The molecule has 0 saturated heterocycles. The van der Waals surface area contributed by atoms with E-state index >= 15 is 0 Å². The van der Waals surface area contributed by atoms with Crippen LogP contribution in [0.25, 0.3) is 0 Å². The van der Waals surface area contributed by atoms with Crippen molar-refractivity contribution in [2.24, 2.45) is 0 Å². The minimum absolute atomic E-state index is 0. The lowest BCUT2D eigenvalue weighted by Gasteiger charge is -2.34. The summed E-state index contributed by atoms with van der Waals surface area (Å²) >= 11 is 0. The number of rotatable bonds is 3. The van der Waals surface area contributed by atoms with Crippen molar-refractivity contribution >= 4 is 5.97 Å². The van der Waals surface area contributed by atoms with E-state index in [1.807, 2.05) is 0 Å². The van der Waals surface area contributed by atoms with Crippen LogP contribution in [0.4, 0.5) is 53.0 Å². The van der Waals surface area contributed by atoms with E-state index in [0.717, 1.165) is 0 Å². The van der Waals surface area contributed by atoms with E-state index in [4.69, 9.17) is 5.11 Å². The fraction of sp³-hybridized carbons (Fsp3) is 0.833. The van der Waals surface area contributed by atoms with Gasteiger partial charge in [-0.05, 0) is 0 Å². The molecule has 1 N–H and O–H groups in total. The maximum atomic E-state index is 12.8. The molecular weight excluding hydrogens is 348 g/mol. The molecule has 0 aromatic heterocycles. The first-order valence-electron chi connectivity index (χ1n) is 3.91. The van der Waals surface area contributed by atoms with Gasteiger partial charge in [0.2, 0.25) is 0 Å². The minimum atomic E-state index is -7.22. The Morgan fingerprint density at radius 2 is 1.00 bits per heavy atom. The molecule has 0 aliphatic heterocycles. The SMILES string of the molecule is F.O=C(O)C(F)(OC(F)(C(F)(F)F)C(F)(F)F)C(F)(F)F. The van der Waals surface area contributed by atoms with Crippen LogP contribution in [-0.2, 0) is 9.53 Å². The van der Waals surface area contributed by atoms with Crippen LogP contribution in [-0.4, -0.2) is 41.3 Å². The van der Waals surface area contributed by atoms with Gasteiger partial charge in [-0.1, -0.05) is 0 Å². The Bertz CT molecular complexity index is 366. The van der Waals surface area contributed by atoms with Gasteiger partial charge in [0.1, 0.15) is 0 Å². The number of alkyl halides is 11. The molecule has 0 aromatic rings. The van der Waals surface area contributed by atoms with E-state index in [2.05, 4.69) is 0 Å². The van der Waals surface area contributed by atoms with Gasteiger partial charge in [0.05, 0.1) is 0 Å². The van der Waals surface area contributed by atoms with Crippen molar-refractivity contribution in [2.75, 3.05) is 0 Å². The van der Waals surface area contributed by atoms with Crippen molar-refractivity contribution in [2.45, 2.75) is 30.2 Å². The van der Waals surface area contributed by atoms with Gasteiger partial charge in [-0.3, -0.25) is 9.44 Å². The van der Waals surface area contributed by atoms with E-state index in [-0.39, 0.29) is 4.70 Å². The molecule has 21 heavy (non-hydrogen) atoms. The van der Waals surface area contributed by atoms with Gasteiger partial charge in [0.15, 0.2) is 0 Å². The van der Waals surface area contributed by atoms with Crippen LogP contribution in [0.15, 0.2) is 0 Å². The lowest BCUT2D eigenvalue weighted by atomic mass is 10.2. The quantitative estimate of drug-likeness (QED) is 0.795. The van der Waals surface area contributed by atoms with Crippen molar-refractivity contribution in [3.8, 4) is 0 Å².